The minimum absolute atomic E-state index is 0.0455. The molecule has 1 saturated heterocycles. The van der Waals surface area contributed by atoms with Crippen molar-refractivity contribution in [2.75, 3.05) is 18.1 Å². The van der Waals surface area contributed by atoms with Gasteiger partial charge in [-0.25, -0.2) is 4.98 Å². The molecule has 1 aliphatic heterocycles. The van der Waals surface area contributed by atoms with Crippen LogP contribution in [0.2, 0.25) is 0 Å². The van der Waals surface area contributed by atoms with Gasteiger partial charge in [0.1, 0.15) is 5.82 Å². The van der Waals surface area contributed by atoms with Crippen LogP contribution in [-0.4, -0.2) is 34.4 Å². The van der Waals surface area contributed by atoms with Crippen LogP contribution in [-0.2, 0) is 13.0 Å². The predicted octanol–water partition coefficient (Wildman–Crippen LogP) is 1.49. The van der Waals surface area contributed by atoms with Crippen molar-refractivity contribution in [3.05, 3.63) is 23.4 Å². The van der Waals surface area contributed by atoms with E-state index < -0.39 is 0 Å². The maximum absolute atomic E-state index is 9.38. The van der Waals surface area contributed by atoms with Crippen molar-refractivity contribution in [3.63, 3.8) is 0 Å². The van der Waals surface area contributed by atoms with Gasteiger partial charge in [0.2, 0.25) is 0 Å². The number of aryl methyl sites for hydroxylation is 1. The number of anilines is 1. The van der Waals surface area contributed by atoms with Gasteiger partial charge in [0.15, 0.2) is 0 Å². The molecule has 2 heterocycles. The first kappa shape index (κ1) is 13.3. The predicted molar refractivity (Wildman–Crippen MR) is 71.6 cm³/mol. The third kappa shape index (κ3) is 2.82. The summed E-state index contributed by atoms with van der Waals surface area (Å²) in [5, 5.41) is 18.7. The lowest BCUT2D eigenvalue weighted by molar-refractivity contribution is 0.265. The summed E-state index contributed by atoms with van der Waals surface area (Å²) in [7, 11) is 0. The maximum atomic E-state index is 9.38. The number of aliphatic hydroxyl groups excluding tert-OH is 2. The van der Waals surface area contributed by atoms with Crippen molar-refractivity contribution >= 4 is 5.82 Å². The molecule has 0 radical (unpaired) electrons. The third-order valence-corrected chi connectivity index (χ3v) is 3.50. The van der Waals surface area contributed by atoms with Gasteiger partial charge in [-0.05, 0) is 37.0 Å². The second-order valence-corrected chi connectivity index (χ2v) is 4.91. The highest BCUT2D eigenvalue weighted by molar-refractivity contribution is 5.45. The summed E-state index contributed by atoms with van der Waals surface area (Å²) in [6.07, 6.45) is 4.09. The monoisotopic (exact) mass is 250 g/mol. The smallest absolute Gasteiger partial charge is 0.129 e. The second kappa shape index (κ2) is 6.16. The fraction of sp³-hybridized carbons (Fsp3) is 0.643. The van der Waals surface area contributed by atoms with E-state index in [0.717, 1.165) is 49.3 Å². The molecule has 0 spiro atoms. The lowest BCUT2D eigenvalue weighted by Gasteiger charge is -2.25. The Labute approximate surface area is 108 Å². The van der Waals surface area contributed by atoms with Crippen LogP contribution in [0.3, 0.4) is 0 Å². The van der Waals surface area contributed by atoms with Gasteiger partial charge in [-0.1, -0.05) is 13.3 Å². The van der Waals surface area contributed by atoms with Crippen molar-refractivity contribution < 1.29 is 10.2 Å². The van der Waals surface area contributed by atoms with Gasteiger partial charge in [-0.2, -0.15) is 0 Å². The Bertz CT molecular complexity index is 395. The molecule has 4 heteroatoms. The van der Waals surface area contributed by atoms with Gasteiger partial charge >= 0.3 is 0 Å². The molecule has 0 amide bonds. The summed E-state index contributed by atoms with van der Waals surface area (Å²) < 4.78 is 0. The summed E-state index contributed by atoms with van der Waals surface area (Å²) >= 11 is 0. The molecule has 0 bridgehead atoms. The Hall–Kier alpha value is -1.13. The number of rotatable bonds is 5. The van der Waals surface area contributed by atoms with Crippen molar-refractivity contribution in [1.29, 1.82) is 0 Å². The first-order valence-corrected chi connectivity index (χ1v) is 6.76. The molecule has 0 saturated carbocycles. The van der Waals surface area contributed by atoms with Crippen LogP contribution in [0.5, 0.6) is 0 Å². The summed E-state index contributed by atoms with van der Waals surface area (Å²) in [5.41, 5.74) is 1.94. The first-order chi connectivity index (χ1) is 8.78. The average Bonchev–Trinajstić information content (AvgIpc) is 2.87. The quantitative estimate of drug-likeness (QED) is 0.831. The van der Waals surface area contributed by atoms with Gasteiger partial charge in [0, 0.05) is 12.2 Å². The minimum atomic E-state index is 0.0455. The highest BCUT2D eigenvalue weighted by atomic mass is 16.3. The molecule has 18 heavy (non-hydrogen) atoms. The Morgan fingerprint density at radius 2 is 2.22 bits per heavy atom. The van der Waals surface area contributed by atoms with E-state index in [2.05, 4.69) is 16.8 Å². The van der Waals surface area contributed by atoms with E-state index in [1.165, 1.54) is 0 Å². The third-order valence-electron chi connectivity index (χ3n) is 3.50. The first-order valence-electron chi connectivity index (χ1n) is 6.76. The fourth-order valence-electron chi connectivity index (χ4n) is 2.58. The molecular formula is C14H22N2O2. The zero-order chi connectivity index (χ0) is 13.0. The van der Waals surface area contributed by atoms with E-state index in [4.69, 9.17) is 0 Å². The van der Waals surface area contributed by atoms with Gasteiger partial charge in [0.05, 0.1) is 19.3 Å². The summed E-state index contributed by atoms with van der Waals surface area (Å²) in [5.74, 6) is 0.904. The Morgan fingerprint density at radius 3 is 2.89 bits per heavy atom. The zero-order valence-corrected chi connectivity index (χ0v) is 11.0. The van der Waals surface area contributed by atoms with Crippen molar-refractivity contribution in [2.24, 2.45) is 0 Å². The molecule has 1 atom stereocenters. The highest BCUT2D eigenvalue weighted by Crippen LogP contribution is 2.25. The molecule has 1 aromatic rings. The molecule has 1 aromatic heterocycles. The summed E-state index contributed by atoms with van der Waals surface area (Å²) in [4.78, 5) is 6.82. The molecule has 2 N–H and O–H groups in total. The fourth-order valence-corrected chi connectivity index (χ4v) is 2.58. The molecule has 0 aromatic carbocycles. The average molecular weight is 250 g/mol. The minimum Gasteiger partial charge on any atom is -0.394 e. The Kier molecular flexibility index (Phi) is 4.55. The largest absolute Gasteiger partial charge is 0.394 e. The van der Waals surface area contributed by atoms with E-state index in [0.29, 0.717) is 0 Å². The van der Waals surface area contributed by atoms with E-state index in [-0.39, 0.29) is 19.3 Å². The van der Waals surface area contributed by atoms with Crippen molar-refractivity contribution in [3.8, 4) is 0 Å². The number of aliphatic hydroxyl groups is 2. The van der Waals surface area contributed by atoms with Crippen LogP contribution in [0.15, 0.2) is 12.1 Å². The van der Waals surface area contributed by atoms with Crippen molar-refractivity contribution in [2.45, 2.75) is 45.3 Å². The molecule has 1 aliphatic rings. The number of hydrogen-bond donors (Lipinski definition) is 2. The van der Waals surface area contributed by atoms with Gasteiger partial charge in [-0.15, -0.1) is 0 Å². The van der Waals surface area contributed by atoms with Gasteiger partial charge in [0.25, 0.3) is 0 Å². The van der Waals surface area contributed by atoms with E-state index in [9.17, 15) is 10.2 Å². The molecule has 1 fully saturated rings. The number of pyridine rings is 1. The van der Waals surface area contributed by atoms with Crippen LogP contribution in [0.25, 0.3) is 0 Å². The normalized spacial score (nSPS) is 19.5. The Morgan fingerprint density at radius 1 is 1.39 bits per heavy atom. The molecule has 4 nitrogen and oxygen atoms in total. The molecule has 1 unspecified atom stereocenters. The Balaban J connectivity index is 2.27. The maximum Gasteiger partial charge on any atom is 0.129 e. The SMILES string of the molecule is CCCc1cc(CO)cc(N2CCCC2CO)n1. The van der Waals surface area contributed by atoms with Crippen molar-refractivity contribution in [1.82, 2.24) is 4.98 Å². The number of nitrogens with zero attached hydrogens (tertiary/aromatic N) is 2. The summed E-state index contributed by atoms with van der Waals surface area (Å²) in [6, 6.07) is 4.09. The standard InChI is InChI=1S/C14H22N2O2/c1-2-4-12-7-11(9-17)8-14(15-12)16-6-3-5-13(16)10-18/h7-8,13,17-18H,2-6,9-10H2,1H3. The van der Waals surface area contributed by atoms with Crippen LogP contribution in [0.4, 0.5) is 5.82 Å². The second-order valence-electron chi connectivity index (χ2n) is 4.91. The van der Waals surface area contributed by atoms with Crippen LogP contribution in [0.1, 0.15) is 37.4 Å². The van der Waals surface area contributed by atoms with Gasteiger partial charge in [-0.3, -0.25) is 0 Å². The molecule has 0 aliphatic carbocycles. The number of aromatic nitrogens is 1. The highest BCUT2D eigenvalue weighted by Gasteiger charge is 2.25. The number of hydrogen-bond acceptors (Lipinski definition) is 4. The molecular weight excluding hydrogens is 228 g/mol. The van der Waals surface area contributed by atoms with E-state index >= 15 is 0 Å². The molecule has 2 rings (SSSR count). The van der Waals surface area contributed by atoms with Crippen LogP contribution >= 0.6 is 0 Å². The van der Waals surface area contributed by atoms with E-state index in [1.807, 2.05) is 12.1 Å². The topological polar surface area (TPSA) is 56.6 Å². The van der Waals surface area contributed by atoms with Crippen LogP contribution in [0, 0.1) is 0 Å². The molecule has 100 valence electrons. The zero-order valence-electron chi connectivity index (χ0n) is 11.0. The lowest BCUT2D eigenvalue weighted by atomic mass is 10.1. The van der Waals surface area contributed by atoms with Crippen LogP contribution < -0.4 is 4.90 Å². The van der Waals surface area contributed by atoms with E-state index in [1.54, 1.807) is 0 Å². The van der Waals surface area contributed by atoms with Gasteiger partial charge < -0.3 is 15.1 Å². The summed E-state index contributed by atoms with van der Waals surface area (Å²) in [6.45, 7) is 3.29. The lowest BCUT2D eigenvalue weighted by Crippen LogP contribution is -2.33.